The van der Waals surface area contributed by atoms with Gasteiger partial charge in [0.1, 0.15) is 5.15 Å². The van der Waals surface area contributed by atoms with E-state index in [1.807, 2.05) is 36.1 Å². The Hall–Kier alpha value is -1.56. The van der Waals surface area contributed by atoms with E-state index in [1.165, 1.54) is 0 Å². The van der Waals surface area contributed by atoms with Crippen LogP contribution in [0.5, 0.6) is 0 Å². The van der Waals surface area contributed by atoms with Crippen LogP contribution in [0, 0.1) is 6.92 Å². The first-order valence-electron chi connectivity index (χ1n) is 8.41. The van der Waals surface area contributed by atoms with Crippen LogP contribution in [0.25, 0.3) is 0 Å². The molecule has 1 saturated heterocycles. The maximum Gasteiger partial charge on any atom is 0.258 e. The van der Waals surface area contributed by atoms with E-state index in [2.05, 4.69) is 17.0 Å². The lowest BCUT2D eigenvalue weighted by molar-refractivity contribution is 0.0762. The molecule has 2 aromatic rings. The number of carbonyl (C=O) groups excluding carboxylic acids is 1. The van der Waals surface area contributed by atoms with E-state index in [1.54, 1.807) is 4.68 Å². The number of aromatic nitrogens is 2. The summed E-state index contributed by atoms with van der Waals surface area (Å²) in [6, 6.07) is 7.57. The predicted molar refractivity (Wildman–Crippen MR) is 101 cm³/mol. The third kappa shape index (κ3) is 4.00. The fraction of sp³-hybridized carbons (Fsp3) is 0.444. The molecule has 0 atom stereocenters. The molecule has 134 valence electrons. The number of hydrogen-bond acceptors (Lipinski definition) is 3. The zero-order chi connectivity index (χ0) is 18.0. The highest BCUT2D eigenvalue weighted by Crippen LogP contribution is 2.25. The van der Waals surface area contributed by atoms with E-state index < -0.39 is 0 Å². The van der Waals surface area contributed by atoms with Crippen LogP contribution in [0.3, 0.4) is 0 Å². The second-order valence-electron chi connectivity index (χ2n) is 6.45. The molecule has 25 heavy (non-hydrogen) atoms. The Bertz CT molecular complexity index is 774. The summed E-state index contributed by atoms with van der Waals surface area (Å²) in [5.74, 6) is -0.0387. The molecule has 2 heterocycles. The van der Waals surface area contributed by atoms with Crippen molar-refractivity contribution in [1.29, 1.82) is 0 Å². The van der Waals surface area contributed by atoms with Gasteiger partial charge in [-0.3, -0.25) is 4.79 Å². The molecule has 0 aliphatic carbocycles. The Balaban J connectivity index is 1.84. The van der Waals surface area contributed by atoms with Crippen LogP contribution in [0.2, 0.25) is 10.2 Å². The number of benzene rings is 1. The van der Waals surface area contributed by atoms with E-state index in [4.69, 9.17) is 23.2 Å². The quantitative estimate of drug-likeness (QED) is 0.819. The van der Waals surface area contributed by atoms with Crippen molar-refractivity contribution in [3.05, 3.63) is 51.3 Å². The van der Waals surface area contributed by atoms with Gasteiger partial charge in [-0.05, 0) is 38.6 Å². The lowest BCUT2D eigenvalue weighted by Crippen LogP contribution is -2.34. The summed E-state index contributed by atoms with van der Waals surface area (Å²) < 4.78 is 1.65. The molecule has 1 amide bonds. The lowest BCUT2D eigenvalue weighted by atomic mass is 10.2. The van der Waals surface area contributed by atoms with E-state index in [0.29, 0.717) is 34.5 Å². The Morgan fingerprint density at radius 2 is 1.92 bits per heavy atom. The fourth-order valence-electron chi connectivity index (χ4n) is 3.10. The predicted octanol–water partition coefficient (Wildman–Crippen LogP) is 3.32. The van der Waals surface area contributed by atoms with Crippen LogP contribution in [0.15, 0.2) is 24.3 Å². The zero-order valence-electron chi connectivity index (χ0n) is 14.5. The number of rotatable bonds is 3. The number of halogens is 2. The summed E-state index contributed by atoms with van der Waals surface area (Å²) in [6.07, 6.45) is 0.965. The summed E-state index contributed by atoms with van der Waals surface area (Å²) in [4.78, 5) is 17.1. The standard InChI is InChI=1S/C18H22Cl2N4O/c1-13-16(18(25)23-9-5-8-22(2)10-11-23)17(20)24(21-13)12-14-6-3-4-7-15(14)19/h3-4,6-7H,5,8-12H2,1-2H3. The summed E-state index contributed by atoms with van der Waals surface area (Å²) in [5.41, 5.74) is 2.07. The summed E-state index contributed by atoms with van der Waals surface area (Å²) in [5, 5.41) is 5.51. The van der Waals surface area contributed by atoms with Crippen LogP contribution < -0.4 is 0 Å². The van der Waals surface area contributed by atoms with Gasteiger partial charge >= 0.3 is 0 Å². The Kier molecular flexibility index (Phi) is 5.67. The minimum absolute atomic E-state index is 0.0387. The SMILES string of the molecule is Cc1nn(Cc2ccccc2Cl)c(Cl)c1C(=O)N1CCCN(C)CC1. The largest absolute Gasteiger partial charge is 0.337 e. The van der Waals surface area contributed by atoms with Crippen molar-refractivity contribution in [3.63, 3.8) is 0 Å². The van der Waals surface area contributed by atoms with Crippen LogP contribution in [0.1, 0.15) is 28.0 Å². The van der Waals surface area contributed by atoms with Crippen molar-refractivity contribution in [3.8, 4) is 0 Å². The molecule has 0 N–H and O–H groups in total. The van der Waals surface area contributed by atoms with Crippen LogP contribution in [0.4, 0.5) is 0 Å². The highest BCUT2D eigenvalue weighted by molar-refractivity contribution is 6.33. The molecule has 0 unspecified atom stereocenters. The molecule has 1 aliphatic heterocycles. The molecule has 3 rings (SSSR count). The number of carbonyl (C=O) groups is 1. The van der Waals surface area contributed by atoms with Crippen LogP contribution >= 0.6 is 23.2 Å². The molecule has 0 spiro atoms. The van der Waals surface area contributed by atoms with Gasteiger partial charge in [-0.25, -0.2) is 4.68 Å². The van der Waals surface area contributed by atoms with Gasteiger partial charge in [-0.2, -0.15) is 5.10 Å². The second-order valence-corrected chi connectivity index (χ2v) is 7.21. The van der Waals surface area contributed by atoms with Gasteiger partial charge in [-0.15, -0.1) is 0 Å². The summed E-state index contributed by atoms with van der Waals surface area (Å²) in [6.45, 7) is 5.59. The monoisotopic (exact) mass is 380 g/mol. The Labute approximate surface area is 158 Å². The maximum absolute atomic E-state index is 13.0. The number of hydrogen-bond donors (Lipinski definition) is 0. The van der Waals surface area contributed by atoms with Gasteiger partial charge in [0.15, 0.2) is 0 Å². The number of nitrogens with zero attached hydrogens (tertiary/aromatic N) is 4. The maximum atomic E-state index is 13.0. The van der Waals surface area contributed by atoms with Gasteiger partial charge in [0.25, 0.3) is 5.91 Å². The minimum Gasteiger partial charge on any atom is -0.337 e. The number of aryl methyl sites for hydroxylation is 1. The van der Waals surface area contributed by atoms with E-state index >= 15 is 0 Å². The highest BCUT2D eigenvalue weighted by Gasteiger charge is 2.26. The number of amides is 1. The zero-order valence-corrected chi connectivity index (χ0v) is 16.0. The molecule has 0 saturated carbocycles. The first-order valence-corrected chi connectivity index (χ1v) is 9.17. The van der Waals surface area contributed by atoms with Gasteiger partial charge in [-0.1, -0.05) is 41.4 Å². The normalized spacial score (nSPS) is 16.1. The van der Waals surface area contributed by atoms with E-state index in [-0.39, 0.29) is 5.91 Å². The molecule has 1 fully saturated rings. The van der Waals surface area contributed by atoms with Crippen molar-refractivity contribution >= 4 is 29.1 Å². The molecule has 0 bridgehead atoms. The van der Waals surface area contributed by atoms with Gasteiger partial charge in [0.2, 0.25) is 0 Å². The minimum atomic E-state index is -0.0387. The molecule has 1 aromatic heterocycles. The van der Waals surface area contributed by atoms with Crippen LogP contribution in [-0.4, -0.2) is 58.7 Å². The lowest BCUT2D eigenvalue weighted by Gasteiger charge is -2.20. The third-order valence-electron chi connectivity index (χ3n) is 4.56. The van der Waals surface area contributed by atoms with Crippen LogP contribution in [-0.2, 0) is 6.54 Å². The van der Waals surface area contributed by atoms with Gasteiger partial charge in [0.05, 0.1) is 17.8 Å². The topological polar surface area (TPSA) is 41.4 Å². The van der Waals surface area contributed by atoms with Crippen molar-refractivity contribution < 1.29 is 4.79 Å². The van der Waals surface area contributed by atoms with Crippen molar-refractivity contribution in [2.45, 2.75) is 19.9 Å². The van der Waals surface area contributed by atoms with Crippen molar-refractivity contribution in [2.75, 3.05) is 33.2 Å². The molecular weight excluding hydrogens is 359 g/mol. The second kappa shape index (κ2) is 7.77. The highest BCUT2D eigenvalue weighted by atomic mass is 35.5. The first kappa shape index (κ1) is 18.2. The van der Waals surface area contributed by atoms with Crippen molar-refractivity contribution in [1.82, 2.24) is 19.6 Å². The van der Waals surface area contributed by atoms with Gasteiger partial charge in [0, 0.05) is 24.7 Å². The first-order chi connectivity index (χ1) is 12.0. The molecule has 1 aliphatic rings. The van der Waals surface area contributed by atoms with E-state index in [0.717, 1.165) is 31.6 Å². The summed E-state index contributed by atoms with van der Waals surface area (Å²) in [7, 11) is 2.08. The fourth-order valence-corrected chi connectivity index (χ4v) is 3.61. The Morgan fingerprint density at radius 3 is 2.68 bits per heavy atom. The van der Waals surface area contributed by atoms with Crippen molar-refractivity contribution in [2.24, 2.45) is 0 Å². The van der Waals surface area contributed by atoms with Gasteiger partial charge < -0.3 is 9.80 Å². The molecule has 5 nitrogen and oxygen atoms in total. The third-order valence-corrected chi connectivity index (χ3v) is 5.32. The Morgan fingerprint density at radius 1 is 1.16 bits per heavy atom. The summed E-state index contributed by atoms with van der Waals surface area (Å²) >= 11 is 12.7. The smallest absolute Gasteiger partial charge is 0.258 e. The molecule has 1 aromatic carbocycles. The average molecular weight is 381 g/mol. The molecule has 7 heteroatoms. The number of likely N-dealkylation sites (N-methyl/N-ethyl adjacent to an activating group) is 1. The molecule has 0 radical (unpaired) electrons. The van der Waals surface area contributed by atoms with E-state index in [9.17, 15) is 4.79 Å². The average Bonchev–Trinajstić information content (AvgIpc) is 2.74. The molecular formula is C18H22Cl2N4O.